The maximum atomic E-state index is 12.3. The van der Waals surface area contributed by atoms with Gasteiger partial charge in [0.25, 0.3) is 0 Å². The minimum Gasteiger partial charge on any atom is -0.340 e. The fourth-order valence-corrected chi connectivity index (χ4v) is 3.33. The first-order chi connectivity index (χ1) is 10.1. The Hall–Kier alpha value is -0.980. The van der Waals surface area contributed by atoms with Gasteiger partial charge in [0.05, 0.1) is 16.7 Å². The van der Waals surface area contributed by atoms with Crippen LogP contribution in [0.2, 0.25) is 0 Å². The number of carbonyl (C=O) groups excluding carboxylic acids is 1. The van der Waals surface area contributed by atoms with Gasteiger partial charge in [0, 0.05) is 38.1 Å². The Morgan fingerprint density at radius 3 is 2.90 bits per heavy atom. The van der Waals surface area contributed by atoms with E-state index >= 15 is 0 Å². The van der Waals surface area contributed by atoms with Gasteiger partial charge in [0.15, 0.2) is 0 Å². The van der Waals surface area contributed by atoms with Crippen LogP contribution >= 0.6 is 11.3 Å². The number of amides is 1. The Morgan fingerprint density at radius 2 is 2.24 bits per heavy atom. The van der Waals surface area contributed by atoms with Crippen molar-refractivity contribution in [1.29, 1.82) is 0 Å². The lowest BCUT2D eigenvalue weighted by atomic mass is 10.1. The average molecular weight is 310 g/mol. The van der Waals surface area contributed by atoms with Crippen molar-refractivity contribution in [1.82, 2.24) is 14.8 Å². The van der Waals surface area contributed by atoms with Crippen molar-refractivity contribution >= 4 is 17.2 Å². The van der Waals surface area contributed by atoms with Crippen molar-refractivity contribution in [2.45, 2.75) is 45.7 Å². The van der Waals surface area contributed by atoms with E-state index in [1.54, 1.807) is 11.3 Å². The summed E-state index contributed by atoms with van der Waals surface area (Å²) in [6.07, 6.45) is 2.74. The zero-order valence-electron chi connectivity index (χ0n) is 13.0. The predicted molar refractivity (Wildman–Crippen MR) is 86.2 cm³/mol. The van der Waals surface area contributed by atoms with Gasteiger partial charge in [0.1, 0.15) is 0 Å². The number of hydrogen-bond donors (Lipinski definition) is 1. The van der Waals surface area contributed by atoms with E-state index in [-0.39, 0.29) is 11.9 Å². The molecule has 1 unspecified atom stereocenters. The van der Waals surface area contributed by atoms with Crippen LogP contribution < -0.4 is 5.73 Å². The Bertz CT molecular complexity index is 462. The Kier molecular flexibility index (Phi) is 6.14. The molecular weight excluding hydrogens is 284 g/mol. The zero-order valence-corrected chi connectivity index (χ0v) is 13.9. The molecule has 1 aromatic rings. The minimum atomic E-state index is -0.331. The maximum Gasteiger partial charge on any atom is 0.239 e. The lowest BCUT2D eigenvalue weighted by Crippen LogP contribution is -2.45. The van der Waals surface area contributed by atoms with Crippen molar-refractivity contribution in [3.8, 4) is 0 Å². The van der Waals surface area contributed by atoms with Crippen LogP contribution in [0.15, 0.2) is 5.38 Å². The number of nitrogens with zero attached hydrogens (tertiary/aromatic N) is 3. The van der Waals surface area contributed by atoms with Crippen LogP contribution in [0, 0.1) is 6.92 Å². The van der Waals surface area contributed by atoms with E-state index in [0.29, 0.717) is 0 Å². The van der Waals surface area contributed by atoms with Crippen LogP contribution in [0.5, 0.6) is 0 Å². The zero-order chi connectivity index (χ0) is 15.2. The smallest absolute Gasteiger partial charge is 0.239 e. The molecule has 1 aliphatic heterocycles. The molecule has 1 saturated heterocycles. The molecule has 21 heavy (non-hydrogen) atoms. The van der Waals surface area contributed by atoms with Crippen LogP contribution in [-0.4, -0.2) is 52.9 Å². The van der Waals surface area contributed by atoms with Crippen molar-refractivity contribution in [2.24, 2.45) is 5.73 Å². The first-order valence-electron chi connectivity index (χ1n) is 7.78. The molecular formula is C15H26N4OS. The number of carbonyl (C=O) groups is 1. The van der Waals surface area contributed by atoms with E-state index in [4.69, 9.17) is 5.73 Å². The molecule has 2 N–H and O–H groups in total. The highest BCUT2D eigenvalue weighted by molar-refractivity contribution is 7.09. The summed E-state index contributed by atoms with van der Waals surface area (Å²) in [5, 5.41) is 3.24. The first kappa shape index (κ1) is 16.4. The molecule has 2 heterocycles. The highest BCUT2D eigenvalue weighted by Gasteiger charge is 2.23. The van der Waals surface area contributed by atoms with E-state index in [2.05, 4.69) is 22.2 Å². The number of nitrogens with two attached hydrogens (primary N) is 1. The number of hydrogen-bond acceptors (Lipinski definition) is 5. The van der Waals surface area contributed by atoms with Gasteiger partial charge >= 0.3 is 0 Å². The fraction of sp³-hybridized carbons (Fsp3) is 0.733. The van der Waals surface area contributed by atoms with E-state index in [1.165, 1.54) is 0 Å². The van der Waals surface area contributed by atoms with Crippen molar-refractivity contribution < 1.29 is 4.79 Å². The van der Waals surface area contributed by atoms with Gasteiger partial charge in [-0.25, -0.2) is 4.98 Å². The summed E-state index contributed by atoms with van der Waals surface area (Å²) in [7, 11) is 0. The molecule has 1 fully saturated rings. The second kappa shape index (κ2) is 7.87. The van der Waals surface area contributed by atoms with Crippen LogP contribution in [0.3, 0.4) is 0 Å². The molecule has 0 saturated carbocycles. The van der Waals surface area contributed by atoms with Crippen LogP contribution in [0.25, 0.3) is 0 Å². The predicted octanol–water partition coefficient (Wildman–Crippen LogP) is 1.61. The van der Waals surface area contributed by atoms with Crippen LogP contribution in [0.1, 0.15) is 36.9 Å². The monoisotopic (exact) mass is 310 g/mol. The fourth-order valence-electron chi connectivity index (χ4n) is 2.73. The van der Waals surface area contributed by atoms with E-state index in [1.807, 2.05) is 11.8 Å². The van der Waals surface area contributed by atoms with Gasteiger partial charge in [0.2, 0.25) is 5.91 Å². The van der Waals surface area contributed by atoms with E-state index in [0.717, 1.165) is 62.7 Å². The van der Waals surface area contributed by atoms with E-state index in [9.17, 15) is 4.79 Å². The molecule has 0 bridgehead atoms. The summed E-state index contributed by atoms with van der Waals surface area (Å²) in [6.45, 7) is 8.50. The molecule has 118 valence electrons. The molecule has 5 nitrogen and oxygen atoms in total. The summed E-state index contributed by atoms with van der Waals surface area (Å²) in [4.78, 5) is 21.1. The minimum absolute atomic E-state index is 0.114. The first-order valence-corrected chi connectivity index (χ1v) is 8.66. The molecule has 1 amide bonds. The molecule has 0 aromatic carbocycles. The third-order valence-electron chi connectivity index (χ3n) is 3.87. The van der Waals surface area contributed by atoms with Crippen LogP contribution in [0.4, 0.5) is 0 Å². The summed E-state index contributed by atoms with van der Waals surface area (Å²) in [5.41, 5.74) is 7.10. The van der Waals surface area contributed by atoms with Gasteiger partial charge in [-0.3, -0.25) is 9.69 Å². The molecule has 1 aromatic heterocycles. The summed E-state index contributed by atoms with van der Waals surface area (Å²) >= 11 is 1.69. The summed E-state index contributed by atoms with van der Waals surface area (Å²) in [5.74, 6) is 0.114. The number of rotatable bonds is 5. The Balaban J connectivity index is 1.85. The Labute approximate surface area is 131 Å². The molecule has 0 radical (unpaired) electrons. The van der Waals surface area contributed by atoms with Crippen LogP contribution in [-0.2, 0) is 11.3 Å². The average Bonchev–Trinajstić information content (AvgIpc) is 2.73. The third kappa shape index (κ3) is 4.76. The number of aryl methyl sites for hydroxylation is 1. The normalized spacial score (nSPS) is 18.5. The molecule has 6 heteroatoms. The molecule has 2 rings (SSSR count). The molecule has 1 atom stereocenters. The highest BCUT2D eigenvalue weighted by atomic mass is 32.1. The number of thiazole rings is 1. The second-order valence-corrected chi connectivity index (χ2v) is 6.77. The lowest BCUT2D eigenvalue weighted by Gasteiger charge is -2.24. The maximum absolute atomic E-state index is 12.3. The van der Waals surface area contributed by atoms with Crippen molar-refractivity contribution in [2.75, 3.05) is 26.2 Å². The lowest BCUT2D eigenvalue weighted by molar-refractivity contribution is -0.132. The molecule has 0 aliphatic carbocycles. The van der Waals surface area contributed by atoms with Crippen molar-refractivity contribution in [3.05, 3.63) is 16.1 Å². The molecule has 0 spiro atoms. The highest BCUT2D eigenvalue weighted by Crippen LogP contribution is 2.13. The Morgan fingerprint density at radius 1 is 1.43 bits per heavy atom. The van der Waals surface area contributed by atoms with Crippen molar-refractivity contribution in [3.63, 3.8) is 0 Å². The standard InChI is InChI=1S/C15H26N4OS/c1-3-5-14(16)15(20)19-7-4-6-18(8-9-19)10-13-11-21-12(2)17-13/h11,14H,3-10,16H2,1-2H3. The quantitative estimate of drug-likeness (QED) is 0.897. The SMILES string of the molecule is CCCC(N)C(=O)N1CCCN(Cc2csc(C)n2)CC1. The van der Waals surface area contributed by atoms with E-state index < -0.39 is 0 Å². The van der Waals surface area contributed by atoms with Gasteiger partial charge in [-0.15, -0.1) is 11.3 Å². The largest absolute Gasteiger partial charge is 0.340 e. The topological polar surface area (TPSA) is 62.5 Å². The van der Waals surface area contributed by atoms with Gasteiger partial charge in [-0.1, -0.05) is 13.3 Å². The van der Waals surface area contributed by atoms with Gasteiger partial charge in [-0.05, 0) is 19.8 Å². The summed E-state index contributed by atoms with van der Waals surface area (Å²) < 4.78 is 0. The second-order valence-electron chi connectivity index (χ2n) is 5.71. The molecule has 1 aliphatic rings. The number of aromatic nitrogens is 1. The summed E-state index contributed by atoms with van der Waals surface area (Å²) in [6, 6.07) is -0.331. The third-order valence-corrected chi connectivity index (χ3v) is 4.69. The van der Waals surface area contributed by atoms with Gasteiger partial charge < -0.3 is 10.6 Å². The van der Waals surface area contributed by atoms with Gasteiger partial charge in [-0.2, -0.15) is 0 Å².